The normalized spacial score (nSPS) is 17.1. The Morgan fingerprint density at radius 2 is 1.85 bits per heavy atom. The van der Waals surface area contributed by atoms with Gasteiger partial charge < -0.3 is 32.8 Å². The first kappa shape index (κ1) is 23.3. The summed E-state index contributed by atoms with van der Waals surface area (Å²) in [4.78, 5) is 8.99. The van der Waals surface area contributed by atoms with Crippen LogP contribution in [0.25, 0.3) is 0 Å². The van der Waals surface area contributed by atoms with Crippen LogP contribution in [0.15, 0.2) is 111 Å². The van der Waals surface area contributed by atoms with E-state index in [1.807, 2.05) is 81.9 Å². The molecule has 8 heteroatoms. The average Bonchev–Trinajstić information content (AvgIpc) is 2.81. The summed E-state index contributed by atoms with van der Waals surface area (Å²) in [6, 6.07) is 9.57. The molecule has 0 atom stereocenters. The van der Waals surface area contributed by atoms with Gasteiger partial charge in [-0.25, -0.2) is 9.98 Å². The maximum absolute atomic E-state index is 7.53. The molecule has 1 aromatic carbocycles. The SMILES string of the molecule is CN/C=C(/C1=CNC2=CC=C(N=C(N)C=C(C=N)C(C)C)NC2=C1)C(N)=Nc1ccccc1. The van der Waals surface area contributed by atoms with Crippen molar-refractivity contribution < 1.29 is 0 Å². The van der Waals surface area contributed by atoms with Crippen molar-refractivity contribution in [1.29, 1.82) is 5.41 Å². The van der Waals surface area contributed by atoms with Crippen molar-refractivity contribution in [2.75, 3.05) is 7.05 Å². The molecule has 2 aliphatic rings. The Kier molecular flexibility index (Phi) is 7.64. The van der Waals surface area contributed by atoms with Gasteiger partial charge in [0.15, 0.2) is 0 Å². The lowest BCUT2D eigenvalue weighted by Crippen LogP contribution is -2.28. The topological polar surface area (TPSA) is 137 Å². The Bertz CT molecular complexity index is 1140. The summed E-state index contributed by atoms with van der Waals surface area (Å²) in [7, 11) is 1.81. The Balaban J connectivity index is 1.85. The molecule has 1 aromatic rings. The lowest BCUT2D eigenvalue weighted by atomic mass is 10.0. The van der Waals surface area contributed by atoms with Crippen molar-refractivity contribution in [1.82, 2.24) is 16.0 Å². The van der Waals surface area contributed by atoms with E-state index in [1.54, 1.807) is 6.08 Å². The van der Waals surface area contributed by atoms with E-state index in [-0.39, 0.29) is 5.92 Å². The largest absolute Gasteiger partial charge is 0.393 e. The van der Waals surface area contributed by atoms with Crippen LogP contribution in [0.5, 0.6) is 0 Å². The van der Waals surface area contributed by atoms with E-state index in [4.69, 9.17) is 16.9 Å². The van der Waals surface area contributed by atoms with Crippen LogP contribution in [0.3, 0.4) is 0 Å². The van der Waals surface area contributed by atoms with Gasteiger partial charge in [0.1, 0.15) is 17.5 Å². The minimum Gasteiger partial charge on any atom is -0.393 e. The first-order valence-corrected chi connectivity index (χ1v) is 10.6. The molecule has 0 spiro atoms. The number of allylic oxidation sites excluding steroid dienone is 4. The summed E-state index contributed by atoms with van der Waals surface area (Å²) < 4.78 is 0. The van der Waals surface area contributed by atoms with Crippen LogP contribution < -0.4 is 27.4 Å². The number of rotatable bonds is 8. The molecule has 2 aliphatic heterocycles. The minimum atomic E-state index is 0.189. The second kappa shape index (κ2) is 10.8. The number of fused-ring (bicyclic) bond motifs is 1. The van der Waals surface area contributed by atoms with Gasteiger partial charge in [-0.3, -0.25) is 0 Å². The second-order valence-electron chi connectivity index (χ2n) is 7.72. The number of hydrogen-bond acceptors (Lipinski definition) is 6. The number of dihydropyridines is 2. The summed E-state index contributed by atoms with van der Waals surface area (Å²) in [5.74, 6) is 1.50. The molecule has 0 radical (unpaired) electrons. The van der Waals surface area contributed by atoms with Crippen molar-refractivity contribution in [3.05, 3.63) is 101 Å². The van der Waals surface area contributed by atoms with Crippen LogP contribution in [0.2, 0.25) is 0 Å². The molecule has 0 amide bonds. The van der Waals surface area contributed by atoms with Gasteiger partial charge in [-0.05, 0) is 47.9 Å². The third-order valence-electron chi connectivity index (χ3n) is 4.92. The van der Waals surface area contributed by atoms with E-state index < -0.39 is 0 Å². The van der Waals surface area contributed by atoms with Gasteiger partial charge in [0, 0.05) is 36.8 Å². The molecule has 0 saturated carbocycles. The molecule has 8 N–H and O–H groups in total. The fourth-order valence-corrected chi connectivity index (χ4v) is 3.18. The number of para-hydroxylation sites is 1. The molecule has 0 fully saturated rings. The van der Waals surface area contributed by atoms with Crippen molar-refractivity contribution in [3.63, 3.8) is 0 Å². The summed E-state index contributed by atoms with van der Waals surface area (Å²) in [6.07, 6.45) is 12.5. The first-order valence-electron chi connectivity index (χ1n) is 10.6. The monoisotopic (exact) mass is 442 g/mol. The number of aliphatic imine (C=N–C) groups is 2. The fraction of sp³-hybridized carbons (Fsp3) is 0.160. The van der Waals surface area contributed by atoms with E-state index in [9.17, 15) is 0 Å². The third-order valence-corrected chi connectivity index (χ3v) is 4.92. The maximum atomic E-state index is 7.53. The lowest BCUT2D eigenvalue weighted by Gasteiger charge is -2.24. The van der Waals surface area contributed by atoms with Crippen molar-refractivity contribution in [3.8, 4) is 0 Å². The third kappa shape index (κ3) is 6.10. The Labute approximate surface area is 194 Å². The molecular weight excluding hydrogens is 412 g/mol. The number of nitrogens with zero attached hydrogens (tertiary/aromatic N) is 2. The highest BCUT2D eigenvalue weighted by Gasteiger charge is 2.18. The zero-order chi connectivity index (χ0) is 23.8. The lowest BCUT2D eigenvalue weighted by molar-refractivity contribution is 0.806. The molecule has 0 aliphatic carbocycles. The highest BCUT2D eigenvalue weighted by molar-refractivity contribution is 6.03. The predicted molar refractivity (Wildman–Crippen MR) is 137 cm³/mol. The number of nitrogens with one attached hydrogen (secondary N) is 4. The molecule has 33 heavy (non-hydrogen) atoms. The number of hydrogen-bond donors (Lipinski definition) is 6. The van der Waals surface area contributed by atoms with Crippen molar-refractivity contribution in [2.24, 2.45) is 27.4 Å². The van der Waals surface area contributed by atoms with Crippen molar-refractivity contribution in [2.45, 2.75) is 13.8 Å². The van der Waals surface area contributed by atoms with Crippen LogP contribution in [-0.2, 0) is 0 Å². The van der Waals surface area contributed by atoms with E-state index in [0.29, 0.717) is 17.5 Å². The average molecular weight is 443 g/mol. The smallest absolute Gasteiger partial charge is 0.133 e. The molecule has 0 bridgehead atoms. The highest BCUT2D eigenvalue weighted by atomic mass is 15.1. The van der Waals surface area contributed by atoms with Gasteiger partial charge in [-0.15, -0.1) is 0 Å². The molecular formula is C25H30N8. The van der Waals surface area contributed by atoms with Crippen molar-refractivity contribution >= 4 is 23.6 Å². The molecule has 2 heterocycles. The van der Waals surface area contributed by atoms with Gasteiger partial charge in [0.2, 0.25) is 0 Å². The van der Waals surface area contributed by atoms with Crippen LogP contribution in [0, 0.1) is 11.3 Å². The van der Waals surface area contributed by atoms with Gasteiger partial charge >= 0.3 is 0 Å². The zero-order valence-corrected chi connectivity index (χ0v) is 19.1. The van der Waals surface area contributed by atoms with E-state index in [0.717, 1.165) is 33.8 Å². The number of nitrogens with two attached hydrogens (primary N) is 2. The maximum Gasteiger partial charge on any atom is 0.133 e. The summed E-state index contributed by atoms with van der Waals surface area (Å²) >= 11 is 0. The van der Waals surface area contributed by atoms with E-state index >= 15 is 0 Å². The Morgan fingerprint density at radius 1 is 1.09 bits per heavy atom. The minimum absolute atomic E-state index is 0.189. The van der Waals surface area contributed by atoms with Gasteiger partial charge in [0.05, 0.1) is 17.1 Å². The van der Waals surface area contributed by atoms with Crippen LogP contribution in [-0.4, -0.2) is 24.9 Å². The molecule has 8 nitrogen and oxygen atoms in total. The highest BCUT2D eigenvalue weighted by Crippen LogP contribution is 2.24. The van der Waals surface area contributed by atoms with Gasteiger partial charge in [-0.1, -0.05) is 32.0 Å². The number of benzene rings is 1. The molecule has 170 valence electrons. The van der Waals surface area contributed by atoms with Crippen LogP contribution >= 0.6 is 0 Å². The second-order valence-corrected chi connectivity index (χ2v) is 7.72. The zero-order valence-electron chi connectivity index (χ0n) is 19.1. The van der Waals surface area contributed by atoms with Crippen LogP contribution in [0.4, 0.5) is 5.69 Å². The number of amidine groups is 2. The molecule has 0 aromatic heterocycles. The van der Waals surface area contributed by atoms with Gasteiger partial charge in [-0.2, -0.15) is 0 Å². The predicted octanol–water partition coefficient (Wildman–Crippen LogP) is 3.07. The van der Waals surface area contributed by atoms with E-state index in [2.05, 4.69) is 25.9 Å². The first-order chi connectivity index (χ1) is 15.9. The summed E-state index contributed by atoms with van der Waals surface area (Å²) in [5, 5.41) is 17.1. The fourth-order valence-electron chi connectivity index (χ4n) is 3.18. The molecule has 0 unspecified atom stereocenters. The standard InChI is InChI=1S/C25H30N8/c1-16(2)17(13-26)12-23(27)33-24-10-9-21-22(32-24)11-18(14-30-21)20(15-29-3)25(28)31-19-7-5-4-6-8-19/h4-16,26,29-30,32H,1-3H3,(H2,27,33)(H2,28,31)/b17-12?,20-15-,26-13?. The van der Waals surface area contributed by atoms with E-state index in [1.165, 1.54) is 6.21 Å². The quantitative estimate of drug-likeness (QED) is 0.272. The summed E-state index contributed by atoms with van der Waals surface area (Å²) in [5.41, 5.74) is 17.3. The molecule has 3 rings (SSSR count). The van der Waals surface area contributed by atoms with Crippen LogP contribution in [0.1, 0.15) is 13.8 Å². The Morgan fingerprint density at radius 3 is 2.52 bits per heavy atom. The summed E-state index contributed by atoms with van der Waals surface area (Å²) in [6.45, 7) is 4.01. The van der Waals surface area contributed by atoms with Gasteiger partial charge in [0.25, 0.3) is 0 Å². The Hall–Kier alpha value is -4.33. The molecule has 0 saturated heterocycles.